The number of hydrogen-bond acceptors (Lipinski definition) is 5. The zero-order valence-electron chi connectivity index (χ0n) is 15.9. The topological polar surface area (TPSA) is 45.6 Å². The van der Waals surface area contributed by atoms with Gasteiger partial charge in [-0.25, -0.2) is 9.99 Å². The van der Waals surface area contributed by atoms with E-state index in [1.54, 1.807) is 6.92 Å². The van der Waals surface area contributed by atoms with E-state index in [0.29, 0.717) is 9.90 Å². The molecule has 1 atom stereocenters. The van der Waals surface area contributed by atoms with Gasteiger partial charge in [-0.1, -0.05) is 64.9 Å². The van der Waals surface area contributed by atoms with Crippen molar-refractivity contribution < 1.29 is 4.79 Å². The van der Waals surface area contributed by atoms with E-state index in [-0.39, 0.29) is 11.8 Å². The molecule has 0 amide bonds. The highest BCUT2D eigenvalue weighted by Gasteiger charge is 2.32. The van der Waals surface area contributed by atoms with Gasteiger partial charge in [-0.2, -0.15) is 5.10 Å². The minimum absolute atomic E-state index is 0.0129. The molecule has 0 aliphatic carbocycles. The van der Waals surface area contributed by atoms with Gasteiger partial charge >= 0.3 is 0 Å². The Morgan fingerprint density at radius 2 is 1.79 bits per heavy atom. The summed E-state index contributed by atoms with van der Waals surface area (Å²) >= 11 is 7.48. The van der Waals surface area contributed by atoms with E-state index in [9.17, 15) is 4.79 Å². The average Bonchev–Trinajstić information content (AvgIpc) is 3.27. The lowest BCUT2D eigenvalue weighted by Crippen LogP contribution is -2.18. The molecular weight excluding hydrogens is 390 g/mol. The molecule has 1 aliphatic heterocycles. The molecule has 142 valence electrons. The summed E-state index contributed by atoms with van der Waals surface area (Å²) in [7, 11) is 0. The first-order valence-corrected chi connectivity index (χ1v) is 10.3. The Kier molecular flexibility index (Phi) is 5.04. The van der Waals surface area contributed by atoms with E-state index >= 15 is 0 Å². The predicted molar refractivity (Wildman–Crippen MR) is 116 cm³/mol. The Balaban J connectivity index is 1.77. The van der Waals surface area contributed by atoms with Gasteiger partial charge in [0, 0.05) is 18.4 Å². The minimum Gasteiger partial charge on any atom is -0.294 e. The van der Waals surface area contributed by atoms with Gasteiger partial charge in [0.1, 0.15) is 0 Å². The molecule has 1 aromatic heterocycles. The summed E-state index contributed by atoms with van der Waals surface area (Å²) in [6, 6.07) is 16.3. The normalized spacial score (nSPS) is 16.4. The van der Waals surface area contributed by atoms with Gasteiger partial charge in [-0.3, -0.25) is 4.79 Å². The van der Waals surface area contributed by atoms with Crippen LogP contribution in [0.1, 0.15) is 51.4 Å². The van der Waals surface area contributed by atoms with Crippen molar-refractivity contribution in [3.05, 3.63) is 80.8 Å². The molecule has 6 heteroatoms. The molecule has 0 fully saturated rings. The molecule has 1 unspecified atom stereocenters. The monoisotopic (exact) mass is 409 g/mol. The number of hydrogen-bond donors (Lipinski definition) is 0. The van der Waals surface area contributed by atoms with Crippen molar-refractivity contribution >= 4 is 39.6 Å². The summed E-state index contributed by atoms with van der Waals surface area (Å²) in [6.07, 6.45) is 0.763. The second-order valence-corrected chi connectivity index (χ2v) is 8.41. The number of thiazole rings is 1. The lowest BCUT2D eigenvalue weighted by Gasteiger charge is -2.21. The highest BCUT2D eigenvalue weighted by molar-refractivity contribution is 7.17. The van der Waals surface area contributed by atoms with E-state index in [1.807, 2.05) is 36.2 Å². The van der Waals surface area contributed by atoms with Gasteiger partial charge in [-0.05, 0) is 37.1 Å². The zero-order chi connectivity index (χ0) is 19.8. The fraction of sp³-hybridized carbons (Fsp3) is 0.227. The second kappa shape index (κ2) is 7.49. The molecule has 1 aliphatic rings. The number of nitrogens with zero attached hydrogens (tertiary/aromatic N) is 3. The van der Waals surface area contributed by atoms with E-state index < -0.39 is 0 Å². The standard InChI is InChI=1S/C22H20ClN3OS/c1-13-4-6-16(7-5-13)19-12-20(17-8-10-18(23)11-9-17)26(25-19)22-24-14(2)21(28-22)15(3)27/h4-11,20H,12H2,1-3H3. The maximum Gasteiger partial charge on any atom is 0.207 e. The Morgan fingerprint density at radius 1 is 1.11 bits per heavy atom. The van der Waals surface area contributed by atoms with Crippen LogP contribution in [-0.2, 0) is 0 Å². The number of benzene rings is 2. The van der Waals surface area contributed by atoms with Gasteiger partial charge in [0.05, 0.1) is 22.3 Å². The molecule has 0 N–H and O–H groups in total. The molecule has 0 saturated carbocycles. The average molecular weight is 410 g/mol. The fourth-order valence-corrected chi connectivity index (χ4v) is 4.45. The van der Waals surface area contributed by atoms with Crippen molar-refractivity contribution in [2.24, 2.45) is 5.10 Å². The number of hydrazone groups is 1. The van der Waals surface area contributed by atoms with E-state index in [4.69, 9.17) is 16.7 Å². The number of anilines is 1. The Hall–Kier alpha value is -2.50. The number of carbonyl (C=O) groups is 1. The van der Waals surface area contributed by atoms with E-state index in [1.165, 1.54) is 16.9 Å². The van der Waals surface area contributed by atoms with Crippen molar-refractivity contribution in [2.45, 2.75) is 33.2 Å². The minimum atomic E-state index is 0.0129. The molecule has 0 saturated heterocycles. The maximum absolute atomic E-state index is 11.9. The van der Waals surface area contributed by atoms with Crippen LogP contribution in [0.15, 0.2) is 53.6 Å². The summed E-state index contributed by atoms with van der Waals surface area (Å²) in [6.45, 7) is 5.52. The largest absolute Gasteiger partial charge is 0.294 e. The van der Waals surface area contributed by atoms with Crippen LogP contribution in [0.2, 0.25) is 5.02 Å². The number of aromatic nitrogens is 1. The third-order valence-corrected chi connectivity index (χ3v) is 6.35. The zero-order valence-corrected chi connectivity index (χ0v) is 17.5. The van der Waals surface area contributed by atoms with Crippen LogP contribution >= 0.6 is 22.9 Å². The van der Waals surface area contributed by atoms with Gasteiger partial charge in [0.15, 0.2) is 5.78 Å². The van der Waals surface area contributed by atoms with Crippen molar-refractivity contribution in [1.82, 2.24) is 4.98 Å². The number of Topliss-reactive ketones (excluding diaryl/α,β-unsaturated/α-hetero) is 1. The number of halogens is 1. The summed E-state index contributed by atoms with van der Waals surface area (Å²) in [5, 5.41) is 8.30. The van der Waals surface area contributed by atoms with Crippen molar-refractivity contribution in [3.8, 4) is 0 Å². The fourth-order valence-electron chi connectivity index (χ4n) is 3.36. The van der Waals surface area contributed by atoms with Gasteiger partial charge in [0.25, 0.3) is 0 Å². The van der Waals surface area contributed by atoms with Crippen LogP contribution in [0, 0.1) is 13.8 Å². The highest BCUT2D eigenvalue weighted by Crippen LogP contribution is 2.39. The lowest BCUT2D eigenvalue weighted by atomic mass is 9.98. The Morgan fingerprint density at radius 3 is 2.39 bits per heavy atom. The number of carbonyl (C=O) groups excluding carboxylic acids is 1. The van der Waals surface area contributed by atoms with Gasteiger partial charge < -0.3 is 0 Å². The SMILES string of the molecule is CC(=O)c1sc(N2N=C(c3ccc(C)cc3)CC2c2ccc(Cl)cc2)nc1C. The Bertz CT molecular complexity index is 1050. The van der Waals surface area contributed by atoms with Crippen LogP contribution in [-0.4, -0.2) is 16.5 Å². The molecule has 3 aromatic rings. The summed E-state index contributed by atoms with van der Waals surface area (Å²) in [4.78, 5) is 17.2. The molecule has 28 heavy (non-hydrogen) atoms. The molecular formula is C22H20ClN3OS. The molecule has 0 bridgehead atoms. The van der Waals surface area contributed by atoms with Crippen LogP contribution < -0.4 is 5.01 Å². The van der Waals surface area contributed by atoms with Crippen molar-refractivity contribution in [3.63, 3.8) is 0 Å². The summed E-state index contributed by atoms with van der Waals surface area (Å²) < 4.78 is 0. The molecule has 4 nitrogen and oxygen atoms in total. The first kappa shape index (κ1) is 18.8. The predicted octanol–water partition coefficient (Wildman–Crippen LogP) is 5.97. The lowest BCUT2D eigenvalue weighted by molar-refractivity contribution is 0.102. The third kappa shape index (κ3) is 3.60. The third-order valence-electron chi connectivity index (χ3n) is 4.85. The maximum atomic E-state index is 11.9. The molecule has 0 spiro atoms. The Labute approximate surface area is 173 Å². The number of aryl methyl sites for hydroxylation is 2. The molecule has 4 rings (SSSR count). The van der Waals surface area contributed by atoms with Crippen LogP contribution in [0.4, 0.5) is 5.13 Å². The summed E-state index contributed by atoms with van der Waals surface area (Å²) in [5.41, 5.74) is 5.20. The van der Waals surface area contributed by atoms with Gasteiger partial charge in [0.2, 0.25) is 5.13 Å². The van der Waals surface area contributed by atoms with Gasteiger partial charge in [-0.15, -0.1) is 0 Å². The van der Waals surface area contributed by atoms with Crippen LogP contribution in [0.5, 0.6) is 0 Å². The second-order valence-electron chi connectivity index (χ2n) is 7.00. The molecule has 0 radical (unpaired) electrons. The van der Waals surface area contributed by atoms with Crippen LogP contribution in [0.3, 0.4) is 0 Å². The molecule has 2 aromatic carbocycles. The van der Waals surface area contributed by atoms with Crippen molar-refractivity contribution in [1.29, 1.82) is 0 Å². The first-order chi connectivity index (χ1) is 13.4. The number of ketones is 1. The van der Waals surface area contributed by atoms with E-state index in [2.05, 4.69) is 36.2 Å². The number of rotatable bonds is 4. The van der Waals surface area contributed by atoms with Crippen LogP contribution in [0.25, 0.3) is 0 Å². The summed E-state index contributed by atoms with van der Waals surface area (Å²) in [5.74, 6) is 0.0335. The smallest absolute Gasteiger partial charge is 0.207 e. The van der Waals surface area contributed by atoms with E-state index in [0.717, 1.165) is 34.1 Å². The van der Waals surface area contributed by atoms with Crippen molar-refractivity contribution in [2.75, 3.05) is 5.01 Å². The quantitative estimate of drug-likeness (QED) is 0.498. The highest BCUT2D eigenvalue weighted by atomic mass is 35.5. The first-order valence-electron chi connectivity index (χ1n) is 9.10. The molecule has 2 heterocycles.